The van der Waals surface area contributed by atoms with Gasteiger partial charge in [-0.3, -0.25) is 0 Å². The molecule has 0 bridgehead atoms. The van der Waals surface area contributed by atoms with Gasteiger partial charge in [0.15, 0.2) is 0 Å². The monoisotopic (exact) mass is 428 g/mol. The SMILES string of the molecule is C[C@H]1CCC/C=C/[C@@H]2C[C@H](O)C[C@H]2[C@H](OC(=O)/C=C/c2ccccc2F)/C=C/C(=O)O1. The van der Waals surface area contributed by atoms with E-state index in [9.17, 15) is 19.1 Å². The average molecular weight is 429 g/mol. The van der Waals surface area contributed by atoms with Crippen LogP contribution in [0, 0.1) is 17.7 Å². The molecule has 166 valence electrons. The molecule has 1 aliphatic heterocycles. The highest BCUT2D eigenvalue weighted by atomic mass is 19.1. The molecule has 0 saturated heterocycles. The van der Waals surface area contributed by atoms with E-state index < -0.39 is 30.0 Å². The highest BCUT2D eigenvalue weighted by molar-refractivity contribution is 5.87. The van der Waals surface area contributed by atoms with Crippen molar-refractivity contribution in [2.75, 3.05) is 0 Å². The Bertz CT molecular complexity index is 859. The van der Waals surface area contributed by atoms with Crippen LogP contribution in [0.25, 0.3) is 6.08 Å². The number of halogens is 1. The first kappa shape index (κ1) is 22.9. The van der Waals surface area contributed by atoms with Gasteiger partial charge in [0.05, 0.1) is 12.2 Å². The van der Waals surface area contributed by atoms with Gasteiger partial charge in [-0.25, -0.2) is 14.0 Å². The molecule has 0 aromatic heterocycles. The summed E-state index contributed by atoms with van der Waals surface area (Å²) in [5.74, 6) is -1.71. The summed E-state index contributed by atoms with van der Waals surface area (Å²) in [6.07, 6.45) is 11.7. The second-order valence-corrected chi connectivity index (χ2v) is 8.17. The normalized spacial score (nSPS) is 31.6. The number of ether oxygens (including phenoxy) is 2. The van der Waals surface area contributed by atoms with Crippen molar-refractivity contribution in [3.63, 3.8) is 0 Å². The van der Waals surface area contributed by atoms with E-state index >= 15 is 0 Å². The number of aliphatic hydroxyl groups is 1. The van der Waals surface area contributed by atoms with Crippen LogP contribution in [0.3, 0.4) is 0 Å². The van der Waals surface area contributed by atoms with Crippen LogP contribution in [0.4, 0.5) is 4.39 Å². The van der Waals surface area contributed by atoms with Crippen molar-refractivity contribution in [2.24, 2.45) is 11.8 Å². The van der Waals surface area contributed by atoms with Crippen LogP contribution in [0.5, 0.6) is 0 Å². The molecule has 3 rings (SSSR count). The number of hydrogen-bond donors (Lipinski definition) is 1. The van der Waals surface area contributed by atoms with Crippen LogP contribution < -0.4 is 0 Å². The summed E-state index contributed by atoms with van der Waals surface area (Å²) >= 11 is 0. The van der Waals surface area contributed by atoms with Gasteiger partial charge >= 0.3 is 11.9 Å². The van der Waals surface area contributed by atoms with E-state index in [0.29, 0.717) is 12.8 Å². The quantitative estimate of drug-likeness (QED) is 0.440. The molecule has 1 aromatic carbocycles. The van der Waals surface area contributed by atoms with Gasteiger partial charge in [-0.15, -0.1) is 0 Å². The Hall–Kier alpha value is -2.73. The molecule has 5 nitrogen and oxygen atoms in total. The minimum absolute atomic E-state index is 0.0298. The Kier molecular flexibility index (Phi) is 8.18. The number of carbonyl (C=O) groups is 2. The second kappa shape index (κ2) is 11.0. The van der Waals surface area contributed by atoms with Gasteiger partial charge in [-0.2, -0.15) is 0 Å². The van der Waals surface area contributed by atoms with Gasteiger partial charge in [0.2, 0.25) is 0 Å². The number of allylic oxidation sites excluding steroid dienone is 2. The highest BCUT2D eigenvalue weighted by Crippen LogP contribution is 2.37. The molecular formula is C25H29FO5. The lowest BCUT2D eigenvalue weighted by Gasteiger charge is -2.24. The molecule has 31 heavy (non-hydrogen) atoms. The molecule has 1 saturated carbocycles. The van der Waals surface area contributed by atoms with E-state index in [2.05, 4.69) is 12.2 Å². The fourth-order valence-corrected chi connectivity index (χ4v) is 4.15. The smallest absolute Gasteiger partial charge is 0.331 e. The Morgan fingerprint density at radius 1 is 1.26 bits per heavy atom. The van der Waals surface area contributed by atoms with E-state index in [4.69, 9.17) is 9.47 Å². The van der Waals surface area contributed by atoms with Crippen LogP contribution in [0.1, 0.15) is 44.6 Å². The third kappa shape index (κ3) is 6.89. The second-order valence-electron chi connectivity index (χ2n) is 8.17. The molecular weight excluding hydrogens is 399 g/mol. The lowest BCUT2D eigenvalue weighted by atomic mass is 9.89. The maximum atomic E-state index is 13.8. The average Bonchev–Trinajstić information content (AvgIpc) is 3.10. The van der Waals surface area contributed by atoms with Crippen LogP contribution >= 0.6 is 0 Å². The minimum atomic E-state index is -0.715. The Balaban J connectivity index is 1.79. The lowest BCUT2D eigenvalue weighted by Crippen LogP contribution is -2.27. The van der Waals surface area contributed by atoms with Crippen molar-refractivity contribution in [3.05, 3.63) is 66.0 Å². The van der Waals surface area contributed by atoms with Crippen LogP contribution in [0.2, 0.25) is 0 Å². The topological polar surface area (TPSA) is 72.8 Å². The summed E-state index contributed by atoms with van der Waals surface area (Å²) in [6.45, 7) is 1.85. The lowest BCUT2D eigenvalue weighted by molar-refractivity contribution is -0.145. The molecule has 0 unspecified atom stereocenters. The Labute approximate surface area is 182 Å². The van der Waals surface area contributed by atoms with Crippen molar-refractivity contribution in [3.8, 4) is 0 Å². The van der Waals surface area contributed by atoms with Crippen molar-refractivity contribution in [1.29, 1.82) is 0 Å². The molecule has 0 spiro atoms. The molecule has 6 heteroatoms. The van der Waals surface area contributed by atoms with E-state index in [1.807, 2.05) is 6.92 Å². The predicted octanol–water partition coefficient (Wildman–Crippen LogP) is 4.37. The largest absolute Gasteiger partial charge is 0.460 e. The number of cyclic esters (lactones) is 1. The number of hydrogen-bond acceptors (Lipinski definition) is 5. The highest BCUT2D eigenvalue weighted by Gasteiger charge is 2.38. The van der Waals surface area contributed by atoms with Gasteiger partial charge in [-0.1, -0.05) is 30.4 Å². The first-order valence-corrected chi connectivity index (χ1v) is 10.8. The van der Waals surface area contributed by atoms with E-state index in [1.165, 1.54) is 30.4 Å². The van der Waals surface area contributed by atoms with Crippen molar-refractivity contribution in [2.45, 2.75) is 57.3 Å². The summed E-state index contributed by atoms with van der Waals surface area (Å²) in [5, 5.41) is 10.2. The number of esters is 2. The summed E-state index contributed by atoms with van der Waals surface area (Å²) in [6, 6.07) is 6.12. The number of aliphatic hydroxyl groups excluding tert-OH is 1. The van der Waals surface area contributed by atoms with Crippen LogP contribution in [-0.4, -0.2) is 35.4 Å². The maximum Gasteiger partial charge on any atom is 0.331 e. The zero-order chi connectivity index (χ0) is 22.2. The summed E-state index contributed by atoms with van der Waals surface area (Å²) < 4.78 is 24.8. The molecule has 0 amide bonds. The van der Waals surface area contributed by atoms with Crippen molar-refractivity contribution >= 4 is 18.0 Å². The first-order chi connectivity index (χ1) is 14.9. The molecule has 1 aliphatic carbocycles. The fourth-order valence-electron chi connectivity index (χ4n) is 4.15. The van der Waals surface area contributed by atoms with E-state index in [0.717, 1.165) is 19.3 Å². The molecule has 0 radical (unpaired) electrons. The summed E-state index contributed by atoms with van der Waals surface area (Å²) in [4.78, 5) is 24.6. The van der Waals surface area contributed by atoms with Crippen LogP contribution in [0.15, 0.2) is 54.6 Å². The van der Waals surface area contributed by atoms with E-state index in [1.54, 1.807) is 18.2 Å². The van der Waals surface area contributed by atoms with Crippen molar-refractivity contribution < 1.29 is 28.6 Å². The molecule has 2 aliphatic rings. The molecule has 1 N–H and O–H groups in total. The molecule has 5 atom stereocenters. The van der Waals surface area contributed by atoms with Gasteiger partial charge in [0.25, 0.3) is 0 Å². The minimum Gasteiger partial charge on any atom is -0.460 e. The molecule has 1 heterocycles. The fraction of sp³-hybridized carbons (Fsp3) is 0.440. The number of fused-ring (bicyclic) bond motifs is 1. The van der Waals surface area contributed by atoms with Gasteiger partial charge in [-0.05, 0) is 63.2 Å². The zero-order valence-electron chi connectivity index (χ0n) is 17.7. The van der Waals surface area contributed by atoms with Crippen molar-refractivity contribution in [1.82, 2.24) is 0 Å². The standard InChI is InChI=1S/C25H29FO5/c1-17-7-3-2-4-9-19-15-20(27)16-21(19)23(12-14-24(28)30-17)31-25(29)13-11-18-8-5-6-10-22(18)26/h4-6,8-14,17,19-21,23,27H,2-3,7,15-16H2,1H3/b9-4+,13-11+,14-12+/t17-,19+,20-,21+,23+/m0/s1. The summed E-state index contributed by atoms with van der Waals surface area (Å²) in [5.41, 5.74) is 0.277. The Morgan fingerprint density at radius 3 is 2.87 bits per heavy atom. The number of rotatable bonds is 3. The predicted molar refractivity (Wildman–Crippen MR) is 115 cm³/mol. The molecule has 1 aromatic rings. The zero-order valence-corrected chi connectivity index (χ0v) is 17.7. The third-order valence-electron chi connectivity index (χ3n) is 5.72. The first-order valence-electron chi connectivity index (χ1n) is 10.8. The molecule has 1 fully saturated rings. The van der Waals surface area contributed by atoms with Gasteiger partial charge < -0.3 is 14.6 Å². The summed E-state index contributed by atoms with van der Waals surface area (Å²) in [7, 11) is 0. The maximum absolute atomic E-state index is 13.8. The number of carbonyl (C=O) groups excluding carboxylic acids is 2. The Morgan fingerprint density at radius 2 is 2.06 bits per heavy atom. The van der Waals surface area contributed by atoms with Gasteiger partial charge in [0.1, 0.15) is 11.9 Å². The number of benzene rings is 1. The van der Waals surface area contributed by atoms with E-state index in [-0.39, 0.29) is 23.5 Å². The van der Waals surface area contributed by atoms with Crippen LogP contribution in [-0.2, 0) is 19.1 Å². The third-order valence-corrected chi connectivity index (χ3v) is 5.72. The van der Waals surface area contributed by atoms with Gasteiger partial charge in [0, 0.05) is 23.6 Å².